The first-order chi connectivity index (χ1) is 8.58. The molecule has 0 radical (unpaired) electrons. The quantitative estimate of drug-likeness (QED) is 0.895. The maximum Gasteiger partial charge on any atom is 0.141 e. The number of hydrogen-bond acceptors (Lipinski definition) is 3. The minimum absolute atomic E-state index is 0.0798. The van der Waals surface area contributed by atoms with Crippen LogP contribution in [0.2, 0.25) is 0 Å². The van der Waals surface area contributed by atoms with Gasteiger partial charge in [-0.15, -0.1) is 0 Å². The first-order valence-corrected chi connectivity index (χ1v) is 6.73. The van der Waals surface area contributed by atoms with Crippen molar-refractivity contribution in [2.75, 3.05) is 0 Å². The van der Waals surface area contributed by atoms with Crippen LogP contribution >= 0.6 is 0 Å². The Hall–Kier alpha value is -1.00. The smallest absolute Gasteiger partial charge is 0.141 e. The average molecular weight is 251 g/mol. The SMILES string of the molecule is CC(NN1C(C)CCCC1C)c1cncc(F)c1. The number of hydrogen-bond donors (Lipinski definition) is 1. The van der Waals surface area contributed by atoms with E-state index in [4.69, 9.17) is 0 Å². The maximum absolute atomic E-state index is 13.2. The number of piperidine rings is 1. The molecule has 0 saturated carbocycles. The van der Waals surface area contributed by atoms with Crippen molar-refractivity contribution in [1.82, 2.24) is 15.4 Å². The van der Waals surface area contributed by atoms with E-state index in [1.54, 1.807) is 12.3 Å². The van der Waals surface area contributed by atoms with Gasteiger partial charge in [-0.1, -0.05) is 6.42 Å². The Labute approximate surface area is 108 Å². The zero-order valence-corrected chi connectivity index (χ0v) is 11.4. The summed E-state index contributed by atoms with van der Waals surface area (Å²) in [6.45, 7) is 6.52. The van der Waals surface area contributed by atoms with Crippen LogP contribution in [0.15, 0.2) is 18.5 Å². The maximum atomic E-state index is 13.2. The summed E-state index contributed by atoms with van der Waals surface area (Å²) in [4.78, 5) is 3.90. The van der Waals surface area contributed by atoms with E-state index < -0.39 is 0 Å². The average Bonchev–Trinajstić information content (AvgIpc) is 2.34. The summed E-state index contributed by atoms with van der Waals surface area (Å²) in [5.74, 6) is -0.277. The second-order valence-corrected chi connectivity index (χ2v) is 5.32. The second-order valence-electron chi connectivity index (χ2n) is 5.32. The Morgan fingerprint density at radius 2 is 2.00 bits per heavy atom. The normalized spacial score (nSPS) is 27.1. The van der Waals surface area contributed by atoms with Gasteiger partial charge in [-0.2, -0.15) is 0 Å². The standard InChI is InChI=1S/C14H22FN3/c1-10-5-4-6-11(2)18(10)17-12(3)13-7-14(15)9-16-8-13/h7-12,17H,4-6H2,1-3H3. The van der Waals surface area contributed by atoms with Crippen LogP contribution in [-0.4, -0.2) is 22.1 Å². The molecular formula is C14H22FN3. The van der Waals surface area contributed by atoms with Gasteiger partial charge in [0.05, 0.1) is 6.20 Å². The van der Waals surface area contributed by atoms with E-state index in [0.717, 1.165) is 5.56 Å². The van der Waals surface area contributed by atoms with E-state index in [2.05, 4.69) is 29.3 Å². The van der Waals surface area contributed by atoms with Crippen LogP contribution in [0, 0.1) is 5.82 Å². The highest BCUT2D eigenvalue weighted by atomic mass is 19.1. The lowest BCUT2D eigenvalue weighted by Gasteiger charge is -2.40. The van der Waals surface area contributed by atoms with Crippen molar-refractivity contribution in [2.24, 2.45) is 0 Å². The molecule has 1 saturated heterocycles. The summed E-state index contributed by atoms with van der Waals surface area (Å²) in [6.07, 6.45) is 6.68. The summed E-state index contributed by atoms with van der Waals surface area (Å²) in [5, 5.41) is 2.30. The predicted octanol–water partition coefficient (Wildman–Crippen LogP) is 3.05. The zero-order chi connectivity index (χ0) is 13.1. The fraction of sp³-hybridized carbons (Fsp3) is 0.643. The van der Waals surface area contributed by atoms with Gasteiger partial charge in [0.1, 0.15) is 5.82 Å². The highest BCUT2D eigenvalue weighted by Crippen LogP contribution is 2.23. The Balaban J connectivity index is 2.04. The molecular weight excluding hydrogens is 229 g/mol. The van der Waals surface area contributed by atoms with E-state index in [1.165, 1.54) is 25.5 Å². The molecule has 3 nitrogen and oxygen atoms in total. The van der Waals surface area contributed by atoms with Gasteiger partial charge in [-0.3, -0.25) is 4.98 Å². The number of nitrogens with zero attached hydrogens (tertiary/aromatic N) is 2. The lowest BCUT2D eigenvalue weighted by Crippen LogP contribution is -2.52. The molecule has 0 amide bonds. The molecule has 3 atom stereocenters. The van der Waals surface area contributed by atoms with Crippen molar-refractivity contribution in [3.8, 4) is 0 Å². The predicted molar refractivity (Wildman–Crippen MR) is 70.4 cm³/mol. The zero-order valence-electron chi connectivity index (χ0n) is 11.4. The summed E-state index contributed by atoms with van der Waals surface area (Å²) in [7, 11) is 0. The van der Waals surface area contributed by atoms with E-state index in [1.807, 2.05) is 6.92 Å². The summed E-state index contributed by atoms with van der Waals surface area (Å²) in [6, 6.07) is 2.68. The fourth-order valence-corrected chi connectivity index (χ4v) is 2.64. The lowest BCUT2D eigenvalue weighted by molar-refractivity contribution is 0.0319. The molecule has 4 heteroatoms. The largest absolute Gasteiger partial charge is 0.261 e. The van der Waals surface area contributed by atoms with E-state index in [0.29, 0.717) is 12.1 Å². The second kappa shape index (κ2) is 5.76. The summed E-state index contributed by atoms with van der Waals surface area (Å²) >= 11 is 0. The number of pyridine rings is 1. The highest BCUT2D eigenvalue weighted by Gasteiger charge is 2.26. The van der Waals surface area contributed by atoms with Crippen molar-refractivity contribution < 1.29 is 4.39 Å². The Kier molecular flexibility index (Phi) is 4.30. The van der Waals surface area contributed by atoms with Crippen molar-refractivity contribution in [3.05, 3.63) is 29.8 Å². The molecule has 0 bridgehead atoms. The Bertz CT molecular complexity index is 386. The first kappa shape index (κ1) is 13.4. The number of aromatic nitrogens is 1. The first-order valence-electron chi connectivity index (χ1n) is 6.73. The van der Waals surface area contributed by atoms with Crippen molar-refractivity contribution >= 4 is 0 Å². The molecule has 0 aromatic carbocycles. The van der Waals surface area contributed by atoms with Crippen LogP contribution in [0.25, 0.3) is 0 Å². The molecule has 18 heavy (non-hydrogen) atoms. The minimum atomic E-state index is -0.277. The molecule has 2 rings (SSSR count). The van der Waals surface area contributed by atoms with E-state index in [-0.39, 0.29) is 11.9 Å². The number of hydrazine groups is 1. The van der Waals surface area contributed by atoms with Crippen molar-refractivity contribution in [1.29, 1.82) is 0 Å². The topological polar surface area (TPSA) is 28.2 Å². The third-order valence-electron chi connectivity index (χ3n) is 3.76. The van der Waals surface area contributed by atoms with Crippen LogP contribution in [0.3, 0.4) is 0 Å². The molecule has 1 aromatic heterocycles. The van der Waals surface area contributed by atoms with Gasteiger partial charge in [0.25, 0.3) is 0 Å². The van der Waals surface area contributed by atoms with Gasteiger partial charge >= 0.3 is 0 Å². The van der Waals surface area contributed by atoms with Gasteiger partial charge in [0.2, 0.25) is 0 Å². The van der Waals surface area contributed by atoms with Crippen LogP contribution in [-0.2, 0) is 0 Å². The van der Waals surface area contributed by atoms with Crippen LogP contribution in [0.1, 0.15) is 51.6 Å². The van der Waals surface area contributed by atoms with Gasteiger partial charge < -0.3 is 0 Å². The molecule has 1 fully saturated rings. The van der Waals surface area contributed by atoms with Crippen molar-refractivity contribution in [2.45, 2.75) is 58.2 Å². The Morgan fingerprint density at radius 1 is 1.33 bits per heavy atom. The molecule has 1 aliphatic rings. The fourth-order valence-electron chi connectivity index (χ4n) is 2.64. The van der Waals surface area contributed by atoms with Gasteiger partial charge in [-0.05, 0) is 45.2 Å². The number of nitrogens with one attached hydrogen (secondary N) is 1. The molecule has 1 aliphatic heterocycles. The minimum Gasteiger partial charge on any atom is -0.261 e. The van der Waals surface area contributed by atoms with Crippen LogP contribution in [0.5, 0.6) is 0 Å². The summed E-state index contributed by atoms with van der Waals surface area (Å²) < 4.78 is 13.2. The van der Waals surface area contributed by atoms with Crippen LogP contribution < -0.4 is 5.43 Å². The van der Waals surface area contributed by atoms with Gasteiger partial charge in [0, 0.05) is 24.3 Å². The van der Waals surface area contributed by atoms with Crippen LogP contribution in [0.4, 0.5) is 4.39 Å². The molecule has 0 aliphatic carbocycles. The van der Waals surface area contributed by atoms with E-state index in [9.17, 15) is 4.39 Å². The number of halogens is 1. The summed E-state index contributed by atoms with van der Waals surface area (Å²) in [5.41, 5.74) is 4.38. The molecule has 2 heterocycles. The van der Waals surface area contributed by atoms with E-state index >= 15 is 0 Å². The Morgan fingerprint density at radius 3 is 2.61 bits per heavy atom. The van der Waals surface area contributed by atoms with Gasteiger partial charge in [-0.25, -0.2) is 14.8 Å². The molecule has 3 unspecified atom stereocenters. The molecule has 1 aromatic rings. The molecule has 1 N–H and O–H groups in total. The lowest BCUT2D eigenvalue weighted by atomic mass is 9.99. The monoisotopic (exact) mass is 251 g/mol. The molecule has 0 spiro atoms. The van der Waals surface area contributed by atoms with Gasteiger partial charge in [0.15, 0.2) is 0 Å². The third kappa shape index (κ3) is 3.06. The van der Waals surface area contributed by atoms with Crippen molar-refractivity contribution in [3.63, 3.8) is 0 Å². The third-order valence-corrected chi connectivity index (χ3v) is 3.76. The number of rotatable bonds is 3. The molecule has 100 valence electrons. The highest BCUT2D eigenvalue weighted by molar-refractivity contribution is 5.14.